The Morgan fingerprint density at radius 2 is 1.75 bits per heavy atom. The van der Waals surface area contributed by atoms with Crippen molar-refractivity contribution in [3.63, 3.8) is 0 Å². The minimum Gasteiger partial charge on any atom is -0.434 e. The van der Waals surface area contributed by atoms with Crippen molar-refractivity contribution in [1.29, 1.82) is 0 Å². The molecule has 0 aliphatic heterocycles. The Bertz CT molecular complexity index is 859. The number of amides is 2. The second-order valence-corrected chi connectivity index (χ2v) is 5.64. The summed E-state index contributed by atoms with van der Waals surface area (Å²) in [4.78, 5) is 35.4. The van der Waals surface area contributed by atoms with Gasteiger partial charge in [0.1, 0.15) is 5.75 Å². The zero-order valence-corrected chi connectivity index (χ0v) is 15.7. The van der Waals surface area contributed by atoms with Crippen LogP contribution in [0.1, 0.15) is 29.8 Å². The number of carbonyl (C=O) groups excluding carboxylic acids is 3. The molecular weight excluding hydrogens is 360 g/mol. The maximum absolute atomic E-state index is 12.3. The molecule has 28 heavy (non-hydrogen) atoms. The highest BCUT2D eigenvalue weighted by atomic mass is 16.7. The summed E-state index contributed by atoms with van der Waals surface area (Å²) in [5.41, 5.74) is 1.81. The van der Waals surface area contributed by atoms with Gasteiger partial charge < -0.3 is 20.1 Å². The summed E-state index contributed by atoms with van der Waals surface area (Å²) in [6, 6.07) is 13.3. The van der Waals surface area contributed by atoms with Crippen LogP contribution in [0.2, 0.25) is 0 Å². The van der Waals surface area contributed by atoms with Crippen molar-refractivity contribution in [2.24, 2.45) is 0 Å². The molecule has 0 saturated heterocycles. The van der Waals surface area contributed by atoms with E-state index < -0.39 is 6.16 Å². The molecule has 0 aliphatic rings. The Morgan fingerprint density at radius 3 is 2.43 bits per heavy atom. The average Bonchev–Trinajstić information content (AvgIpc) is 2.68. The van der Waals surface area contributed by atoms with E-state index in [1.165, 1.54) is 18.2 Å². The molecule has 0 saturated carbocycles. The third-order valence-corrected chi connectivity index (χ3v) is 3.61. The smallest absolute Gasteiger partial charge is 0.434 e. The lowest BCUT2D eigenvalue weighted by molar-refractivity contribution is -0.111. The molecule has 2 aromatic carbocycles. The van der Waals surface area contributed by atoms with Crippen LogP contribution in [-0.4, -0.2) is 24.6 Å². The number of benzene rings is 2. The number of nitrogens with one attached hydrogen (secondary N) is 2. The number of rotatable bonds is 7. The van der Waals surface area contributed by atoms with Crippen LogP contribution in [0.3, 0.4) is 0 Å². The van der Waals surface area contributed by atoms with Gasteiger partial charge in [-0.2, -0.15) is 0 Å². The Labute approximate surface area is 163 Å². The van der Waals surface area contributed by atoms with Gasteiger partial charge in [-0.3, -0.25) is 9.59 Å². The lowest BCUT2D eigenvalue weighted by atomic mass is 10.1. The first-order valence-electron chi connectivity index (χ1n) is 8.78. The monoisotopic (exact) mass is 382 g/mol. The second kappa shape index (κ2) is 10.5. The standard InChI is InChI=1S/C21H22N2O5/c1-3-7-19(24)23-18-9-6-5-8-16(18)14-22-20(25)15-10-12-17(13-11-15)28-21(26)27-4-2/h3,5-13H,4,14H2,1-2H3,(H,22,25)(H,23,24)/b7-3+. The van der Waals surface area contributed by atoms with Crippen LogP contribution in [0.4, 0.5) is 10.5 Å². The third kappa shape index (κ3) is 6.28. The SMILES string of the molecule is C/C=C/C(=O)Nc1ccccc1CNC(=O)c1ccc(OC(=O)OCC)cc1. The number of allylic oxidation sites excluding steroid dienone is 1. The Hall–Kier alpha value is -3.61. The largest absolute Gasteiger partial charge is 0.513 e. The van der Waals surface area contributed by atoms with Crippen LogP contribution in [0.25, 0.3) is 0 Å². The predicted octanol–water partition coefficient (Wildman–Crippen LogP) is 3.67. The first-order valence-corrected chi connectivity index (χ1v) is 8.78. The first kappa shape index (κ1) is 20.7. The van der Waals surface area contributed by atoms with Gasteiger partial charge in [-0.15, -0.1) is 0 Å². The molecule has 146 valence electrons. The molecule has 2 N–H and O–H groups in total. The van der Waals surface area contributed by atoms with Crippen molar-refractivity contribution >= 4 is 23.7 Å². The molecule has 0 fully saturated rings. The maximum atomic E-state index is 12.3. The first-order chi connectivity index (χ1) is 13.5. The highest BCUT2D eigenvalue weighted by Crippen LogP contribution is 2.16. The summed E-state index contributed by atoms with van der Waals surface area (Å²) >= 11 is 0. The van der Waals surface area contributed by atoms with Crippen LogP contribution in [0, 0.1) is 0 Å². The van der Waals surface area contributed by atoms with Crippen molar-refractivity contribution in [2.75, 3.05) is 11.9 Å². The van der Waals surface area contributed by atoms with E-state index in [9.17, 15) is 14.4 Å². The van der Waals surface area contributed by atoms with Gasteiger partial charge in [0.2, 0.25) is 5.91 Å². The molecule has 7 heteroatoms. The fourth-order valence-corrected chi connectivity index (χ4v) is 2.32. The fraction of sp³-hybridized carbons (Fsp3) is 0.190. The number of carbonyl (C=O) groups is 3. The van der Waals surface area contributed by atoms with E-state index in [0.717, 1.165) is 5.56 Å². The van der Waals surface area contributed by atoms with Gasteiger partial charge >= 0.3 is 6.16 Å². The van der Waals surface area contributed by atoms with E-state index in [0.29, 0.717) is 11.3 Å². The number of hydrogen-bond acceptors (Lipinski definition) is 5. The summed E-state index contributed by atoms with van der Waals surface area (Å²) in [5, 5.41) is 5.57. The summed E-state index contributed by atoms with van der Waals surface area (Å²) in [6.07, 6.45) is 2.28. The summed E-state index contributed by atoms with van der Waals surface area (Å²) in [6.45, 7) is 3.90. The summed E-state index contributed by atoms with van der Waals surface area (Å²) in [7, 11) is 0. The minimum atomic E-state index is -0.795. The molecule has 0 atom stereocenters. The van der Waals surface area contributed by atoms with Crippen LogP contribution in [-0.2, 0) is 16.1 Å². The van der Waals surface area contributed by atoms with E-state index in [-0.39, 0.29) is 30.7 Å². The Balaban J connectivity index is 1.97. The molecular formula is C21H22N2O5. The quantitative estimate of drug-likeness (QED) is 0.433. The molecule has 0 heterocycles. The predicted molar refractivity (Wildman–Crippen MR) is 105 cm³/mol. The number of ether oxygens (including phenoxy) is 2. The number of hydrogen-bond donors (Lipinski definition) is 2. The van der Waals surface area contributed by atoms with Gasteiger partial charge in [-0.1, -0.05) is 24.3 Å². The zero-order chi connectivity index (χ0) is 20.4. The molecule has 0 bridgehead atoms. The molecule has 2 aromatic rings. The average molecular weight is 382 g/mol. The summed E-state index contributed by atoms with van der Waals surface area (Å²) in [5.74, 6) is -0.247. The summed E-state index contributed by atoms with van der Waals surface area (Å²) < 4.78 is 9.64. The maximum Gasteiger partial charge on any atom is 0.513 e. The van der Waals surface area contributed by atoms with Gasteiger partial charge in [0, 0.05) is 17.8 Å². The van der Waals surface area contributed by atoms with Crippen molar-refractivity contribution < 1.29 is 23.9 Å². The van der Waals surface area contributed by atoms with Crippen LogP contribution < -0.4 is 15.4 Å². The number of anilines is 1. The van der Waals surface area contributed by atoms with Gasteiger partial charge in [0.15, 0.2) is 0 Å². The van der Waals surface area contributed by atoms with Crippen molar-refractivity contribution in [3.05, 3.63) is 71.8 Å². The molecule has 0 aromatic heterocycles. The number of para-hydroxylation sites is 1. The topological polar surface area (TPSA) is 93.7 Å². The lowest BCUT2D eigenvalue weighted by Gasteiger charge is -2.11. The van der Waals surface area contributed by atoms with Gasteiger partial charge in [0.05, 0.1) is 6.61 Å². The van der Waals surface area contributed by atoms with E-state index in [2.05, 4.69) is 10.6 Å². The highest BCUT2D eigenvalue weighted by molar-refractivity contribution is 6.00. The van der Waals surface area contributed by atoms with Crippen molar-refractivity contribution in [1.82, 2.24) is 5.32 Å². The Morgan fingerprint density at radius 1 is 1.04 bits per heavy atom. The van der Waals surface area contributed by atoms with E-state index >= 15 is 0 Å². The molecule has 7 nitrogen and oxygen atoms in total. The molecule has 0 radical (unpaired) electrons. The van der Waals surface area contributed by atoms with Gasteiger partial charge in [-0.05, 0) is 55.8 Å². The van der Waals surface area contributed by atoms with Crippen LogP contribution in [0.15, 0.2) is 60.7 Å². The molecule has 0 aliphatic carbocycles. The van der Waals surface area contributed by atoms with Crippen molar-refractivity contribution in [2.45, 2.75) is 20.4 Å². The molecule has 2 amide bonds. The minimum absolute atomic E-state index is 0.218. The normalized spacial score (nSPS) is 10.4. The third-order valence-electron chi connectivity index (χ3n) is 3.61. The molecule has 2 rings (SSSR count). The van der Waals surface area contributed by atoms with E-state index in [4.69, 9.17) is 9.47 Å². The second-order valence-electron chi connectivity index (χ2n) is 5.64. The van der Waals surface area contributed by atoms with E-state index in [1.807, 2.05) is 12.1 Å². The molecule has 0 spiro atoms. The van der Waals surface area contributed by atoms with Gasteiger partial charge in [-0.25, -0.2) is 4.79 Å². The fourth-order valence-electron chi connectivity index (χ4n) is 2.32. The Kier molecular flexibility index (Phi) is 7.77. The van der Waals surface area contributed by atoms with Gasteiger partial charge in [0.25, 0.3) is 5.91 Å². The lowest BCUT2D eigenvalue weighted by Crippen LogP contribution is -2.23. The highest BCUT2D eigenvalue weighted by Gasteiger charge is 2.10. The zero-order valence-electron chi connectivity index (χ0n) is 15.7. The molecule has 0 unspecified atom stereocenters. The van der Waals surface area contributed by atoms with Crippen LogP contribution >= 0.6 is 0 Å². The van der Waals surface area contributed by atoms with E-state index in [1.54, 1.807) is 44.2 Å². The van der Waals surface area contributed by atoms with Crippen LogP contribution in [0.5, 0.6) is 5.75 Å². The van der Waals surface area contributed by atoms with Crippen molar-refractivity contribution in [3.8, 4) is 5.75 Å².